The van der Waals surface area contributed by atoms with Crippen LogP contribution in [-0.2, 0) is 12.6 Å². The molecule has 6 nitrogen and oxygen atoms in total. The minimum Gasteiger partial charge on any atom is -0.497 e. The number of halogens is 3. The molecule has 3 aromatic carbocycles. The number of methoxy groups -OCH3 is 1. The fourth-order valence-corrected chi connectivity index (χ4v) is 3.77. The van der Waals surface area contributed by atoms with E-state index < -0.39 is 17.6 Å². The average molecular weight is 507 g/mol. The Morgan fingerprint density at radius 2 is 1.65 bits per heavy atom. The molecule has 1 amide bonds. The average Bonchev–Trinajstić information content (AvgIpc) is 2.89. The maximum absolute atomic E-state index is 13.2. The minimum atomic E-state index is -4.44. The van der Waals surface area contributed by atoms with Crippen molar-refractivity contribution in [2.45, 2.75) is 12.6 Å². The number of carbonyl (C=O) groups excluding carboxylic acids is 1. The number of nitrogens with one attached hydrogen (secondary N) is 2. The number of ether oxygens (including phenoxy) is 1. The van der Waals surface area contributed by atoms with E-state index in [9.17, 15) is 18.0 Å². The quantitative estimate of drug-likeness (QED) is 0.262. The smallest absolute Gasteiger partial charge is 0.416 e. The van der Waals surface area contributed by atoms with E-state index in [0.717, 1.165) is 23.5 Å². The van der Waals surface area contributed by atoms with E-state index in [4.69, 9.17) is 10.5 Å². The zero-order chi connectivity index (χ0) is 26.4. The summed E-state index contributed by atoms with van der Waals surface area (Å²) in [6.45, 7) is 0.655. The number of nitrogens with zero attached hydrogens (tertiary/aromatic N) is 1. The lowest BCUT2D eigenvalue weighted by Crippen LogP contribution is -2.13. The highest BCUT2D eigenvalue weighted by Crippen LogP contribution is 2.33. The highest BCUT2D eigenvalue weighted by Gasteiger charge is 2.30. The van der Waals surface area contributed by atoms with Crippen LogP contribution < -0.4 is 21.1 Å². The van der Waals surface area contributed by atoms with Crippen LogP contribution in [0.25, 0.3) is 11.1 Å². The lowest BCUT2D eigenvalue weighted by Gasteiger charge is -2.14. The van der Waals surface area contributed by atoms with Crippen LogP contribution in [0.15, 0.2) is 84.9 Å². The largest absolute Gasteiger partial charge is 0.497 e. The number of nitrogen functional groups attached to an aromatic ring is 1. The molecule has 0 unspecified atom stereocenters. The summed E-state index contributed by atoms with van der Waals surface area (Å²) in [6.07, 6.45) is -3.74. The molecule has 190 valence electrons. The van der Waals surface area contributed by atoms with Gasteiger partial charge < -0.3 is 21.1 Å². The van der Waals surface area contributed by atoms with Gasteiger partial charge in [0.05, 0.1) is 18.2 Å². The van der Waals surface area contributed by atoms with Crippen LogP contribution in [0.2, 0.25) is 0 Å². The number of nitrogens with two attached hydrogens (primary N) is 1. The Bertz CT molecular complexity index is 1370. The van der Waals surface area contributed by atoms with Gasteiger partial charge in [-0.1, -0.05) is 18.2 Å². The van der Waals surface area contributed by atoms with Crippen LogP contribution in [-0.4, -0.2) is 24.5 Å². The first-order chi connectivity index (χ1) is 17.7. The Labute approximate surface area is 212 Å². The molecule has 0 spiro atoms. The fraction of sp³-hybridized carbons (Fsp3) is 0.143. The van der Waals surface area contributed by atoms with E-state index in [1.807, 2.05) is 24.3 Å². The van der Waals surface area contributed by atoms with Gasteiger partial charge in [0.1, 0.15) is 11.6 Å². The van der Waals surface area contributed by atoms with Crippen LogP contribution in [0.3, 0.4) is 0 Å². The van der Waals surface area contributed by atoms with E-state index in [0.29, 0.717) is 41.3 Å². The van der Waals surface area contributed by atoms with Crippen molar-refractivity contribution in [1.29, 1.82) is 0 Å². The van der Waals surface area contributed by atoms with Gasteiger partial charge in [-0.15, -0.1) is 0 Å². The van der Waals surface area contributed by atoms with Crippen molar-refractivity contribution >= 4 is 23.1 Å². The number of aromatic nitrogens is 1. The van der Waals surface area contributed by atoms with Crippen molar-refractivity contribution in [3.05, 3.63) is 102 Å². The molecule has 4 N–H and O–H groups in total. The summed E-state index contributed by atoms with van der Waals surface area (Å²) in [5.74, 6) is 0.521. The molecule has 4 aromatic rings. The maximum atomic E-state index is 13.2. The molecule has 0 fully saturated rings. The number of pyridine rings is 1. The van der Waals surface area contributed by atoms with Gasteiger partial charge in [0.25, 0.3) is 5.91 Å². The second-order valence-corrected chi connectivity index (χ2v) is 8.25. The Morgan fingerprint density at radius 1 is 0.946 bits per heavy atom. The molecule has 0 aliphatic rings. The lowest BCUT2D eigenvalue weighted by atomic mass is 9.97. The molecule has 1 heterocycles. The molecule has 0 atom stereocenters. The van der Waals surface area contributed by atoms with Crippen LogP contribution in [0.5, 0.6) is 5.75 Å². The number of rotatable bonds is 8. The predicted molar refractivity (Wildman–Crippen MR) is 139 cm³/mol. The molecular formula is C28H25F3N4O2. The number of carbonyl (C=O) groups is 1. The second-order valence-electron chi connectivity index (χ2n) is 8.25. The first kappa shape index (κ1) is 25.6. The van der Waals surface area contributed by atoms with Gasteiger partial charge in [-0.05, 0) is 77.9 Å². The van der Waals surface area contributed by atoms with Crippen LogP contribution >= 0.6 is 0 Å². The summed E-state index contributed by atoms with van der Waals surface area (Å²) in [5, 5.41) is 6.14. The Hall–Kier alpha value is -4.53. The molecule has 0 saturated heterocycles. The first-order valence-corrected chi connectivity index (χ1v) is 11.5. The van der Waals surface area contributed by atoms with Crippen molar-refractivity contribution in [2.24, 2.45) is 0 Å². The van der Waals surface area contributed by atoms with Gasteiger partial charge in [0.2, 0.25) is 0 Å². The van der Waals surface area contributed by atoms with Gasteiger partial charge in [0, 0.05) is 30.0 Å². The number of amides is 1. The van der Waals surface area contributed by atoms with Crippen LogP contribution in [0.4, 0.5) is 30.4 Å². The van der Waals surface area contributed by atoms with Crippen molar-refractivity contribution in [1.82, 2.24) is 4.98 Å². The molecule has 0 aliphatic heterocycles. The molecule has 0 aliphatic carbocycles. The minimum absolute atomic E-state index is 0.274. The zero-order valence-corrected chi connectivity index (χ0v) is 20.0. The predicted octanol–water partition coefficient (Wildman–Crippen LogP) is 6.27. The molecule has 4 rings (SSSR count). The normalized spacial score (nSPS) is 11.1. The van der Waals surface area contributed by atoms with Crippen LogP contribution in [0.1, 0.15) is 21.6 Å². The maximum Gasteiger partial charge on any atom is 0.416 e. The van der Waals surface area contributed by atoms with E-state index >= 15 is 0 Å². The highest BCUT2D eigenvalue weighted by atomic mass is 19.4. The number of anilines is 3. The lowest BCUT2D eigenvalue weighted by molar-refractivity contribution is -0.137. The second kappa shape index (κ2) is 11.0. The molecule has 37 heavy (non-hydrogen) atoms. The van der Waals surface area contributed by atoms with Crippen molar-refractivity contribution < 1.29 is 22.7 Å². The number of alkyl halides is 3. The molecular weight excluding hydrogens is 481 g/mol. The first-order valence-electron chi connectivity index (χ1n) is 11.5. The van der Waals surface area contributed by atoms with Gasteiger partial charge in [-0.3, -0.25) is 4.79 Å². The Kier molecular flexibility index (Phi) is 7.62. The van der Waals surface area contributed by atoms with E-state index in [2.05, 4.69) is 15.6 Å². The highest BCUT2D eigenvalue weighted by molar-refractivity contribution is 6.09. The fourth-order valence-electron chi connectivity index (χ4n) is 3.77. The van der Waals surface area contributed by atoms with Crippen LogP contribution in [0, 0.1) is 0 Å². The van der Waals surface area contributed by atoms with Gasteiger partial charge >= 0.3 is 6.18 Å². The van der Waals surface area contributed by atoms with E-state index in [1.54, 1.807) is 36.4 Å². The van der Waals surface area contributed by atoms with Crippen molar-refractivity contribution in [3.63, 3.8) is 0 Å². The Morgan fingerprint density at radius 3 is 2.30 bits per heavy atom. The van der Waals surface area contributed by atoms with E-state index in [-0.39, 0.29) is 5.56 Å². The molecule has 9 heteroatoms. The van der Waals surface area contributed by atoms with Gasteiger partial charge in [0.15, 0.2) is 0 Å². The SMILES string of the molecule is COc1ccc(-c2ccc(C(F)(F)F)cc2)c(C(=O)Nc2ccc(NCCc3cccc(N)n3)cc2)c1. The van der Waals surface area contributed by atoms with Gasteiger partial charge in [-0.2, -0.15) is 13.2 Å². The Balaban J connectivity index is 1.46. The standard InChI is InChI=1S/C28H25F3N4O2/c1-37-23-13-14-24(18-5-7-19(8-6-18)28(29,30)31)25(17-23)27(36)35-22-11-9-20(10-12-22)33-16-15-21-3-2-4-26(32)34-21/h2-14,17,33H,15-16H2,1H3,(H2,32,34)(H,35,36). The summed E-state index contributed by atoms with van der Waals surface area (Å²) in [7, 11) is 1.48. The molecule has 1 aromatic heterocycles. The summed E-state index contributed by atoms with van der Waals surface area (Å²) >= 11 is 0. The summed E-state index contributed by atoms with van der Waals surface area (Å²) in [5.41, 5.74) is 8.51. The third kappa shape index (κ3) is 6.58. The molecule has 0 saturated carbocycles. The molecule has 0 bridgehead atoms. The zero-order valence-electron chi connectivity index (χ0n) is 20.0. The van der Waals surface area contributed by atoms with Gasteiger partial charge in [-0.25, -0.2) is 4.98 Å². The number of benzene rings is 3. The van der Waals surface area contributed by atoms with Crippen molar-refractivity contribution in [2.75, 3.05) is 30.0 Å². The monoisotopic (exact) mass is 506 g/mol. The van der Waals surface area contributed by atoms with E-state index in [1.165, 1.54) is 19.2 Å². The molecule has 0 radical (unpaired) electrons. The summed E-state index contributed by atoms with van der Waals surface area (Å²) in [6, 6.07) is 22.3. The summed E-state index contributed by atoms with van der Waals surface area (Å²) < 4.78 is 44.2. The third-order valence-corrected chi connectivity index (χ3v) is 5.68. The van der Waals surface area contributed by atoms with Crippen molar-refractivity contribution in [3.8, 4) is 16.9 Å². The number of hydrogen-bond donors (Lipinski definition) is 3. The third-order valence-electron chi connectivity index (χ3n) is 5.68. The number of hydrogen-bond acceptors (Lipinski definition) is 5. The summed E-state index contributed by atoms with van der Waals surface area (Å²) in [4.78, 5) is 17.4. The topological polar surface area (TPSA) is 89.3 Å².